The molecular weight excluding hydrogens is 224 g/mol. The molecular formula is C10H18N4O3. The Morgan fingerprint density at radius 1 is 1.35 bits per heavy atom. The number of rotatable bonds is 6. The van der Waals surface area contributed by atoms with Gasteiger partial charge in [-0.05, 0) is 13.3 Å². The van der Waals surface area contributed by atoms with E-state index in [0.717, 1.165) is 15.7 Å². The fourth-order valence-electron chi connectivity index (χ4n) is 1.33. The molecule has 1 rings (SSSR count). The first-order valence-corrected chi connectivity index (χ1v) is 5.54. The Morgan fingerprint density at radius 3 is 2.71 bits per heavy atom. The van der Waals surface area contributed by atoms with Gasteiger partial charge in [-0.1, -0.05) is 0 Å². The van der Waals surface area contributed by atoms with Crippen LogP contribution in [0.15, 0.2) is 9.59 Å². The molecule has 0 aliphatic carbocycles. The zero-order valence-corrected chi connectivity index (χ0v) is 10.4. The molecule has 7 heteroatoms. The van der Waals surface area contributed by atoms with Crippen LogP contribution in [0.2, 0.25) is 0 Å². The number of aromatic nitrogens is 3. The van der Waals surface area contributed by atoms with Crippen LogP contribution in [0.3, 0.4) is 0 Å². The second-order valence-electron chi connectivity index (χ2n) is 3.60. The highest BCUT2D eigenvalue weighted by Gasteiger charge is 2.07. The zero-order chi connectivity index (χ0) is 12.8. The van der Waals surface area contributed by atoms with Crippen LogP contribution >= 0.6 is 0 Å². The van der Waals surface area contributed by atoms with Gasteiger partial charge in [-0.15, -0.1) is 5.10 Å². The molecule has 0 aliphatic heterocycles. The van der Waals surface area contributed by atoms with Crippen LogP contribution in [0.1, 0.15) is 13.3 Å². The minimum atomic E-state index is -0.435. The Bertz CT molecular complexity index is 477. The Morgan fingerprint density at radius 2 is 2.06 bits per heavy atom. The molecule has 0 aromatic carbocycles. The summed E-state index contributed by atoms with van der Waals surface area (Å²) in [5, 5.41) is 6.77. The van der Waals surface area contributed by atoms with Crippen molar-refractivity contribution in [3.63, 3.8) is 0 Å². The van der Waals surface area contributed by atoms with Gasteiger partial charge in [0.2, 0.25) is 5.82 Å². The molecule has 0 radical (unpaired) electrons. The fourth-order valence-corrected chi connectivity index (χ4v) is 1.33. The van der Waals surface area contributed by atoms with Crippen LogP contribution in [0.5, 0.6) is 0 Å². The van der Waals surface area contributed by atoms with Crippen molar-refractivity contribution in [1.29, 1.82) is 0 Å². The number of hydrogen-bond donors (Lipinski definition) is 1. The molecule has 96 valence electrons. The maximum Gasteiger partial charge on any atom is 0.346 e. The van der Waals surface area contributed by atoms with E-state index in [9.17, 15) is 9.59 Å². The fraction of sp³-hybridized carbons (Fsp3) is 0.700. The van der Waals surface area contributed by atoms with E-state index in [1.54, 1.807) is 0 Å². The summed E-state index contributed by atoms with van der Waals surface area (Å²) in [6.45, 7) is 3.83. The summed E-state index contributed by atoms with van der Waals surface area (Å²) >= 11 is 0. The monoisotopic (exact) mass is 242 g/mol. The Kier molecular flexibility index (Phi) is 4.89. The summed E-state index contributed by atoms with van der Waals surface area (Å²) in [5.41, 5.74) is -0.848. The predicted octanol–water partition coefficient (Wildman–Crippen LogP) is -0.682. The molecule has 1 aromatic heterocycles. The van der Waals surface area contributed by atoms with Gasteiger partial charge >= 0.3 is 5.69 Å². The smallest absolute Gasteiger partial charge is 0.346 e. The topological polar surface area (TPSA) is 78.2 Å². The van der Waals surface area contributed by atoms with E-state index in [4.69, 9.17) is 4.74 Å². The first-order valence-electron chi connectivity index (χ1n) is 5.54. The van der Waals surface area contributed by atoms with Crippen LogP contribution in [-0.2, 0) is 18.8 Å². The number of nitrogens with one attached hydrogen (secondary N) is 1. The first-order chi connectivity index (χ1) is 8.07. The molecule has 1 aromatic rings. The Labute approximate surface area is 99.0 Å². The van der Waals surface area contributed by atoms with Crippen molar-refractivity contribution in [3.05, 3.63) is 20.8 Å². The maximum atomic E-state index is 11.7. The summed E-state index contributed by atoms with van der Waals surface area (Å²) in [7, 11) is 2.94. The molecule has 0 saturated heterocycles. The van der Waals surface area contributed by atoms with E-state index >= 15 is 0 Å². The predicted molar refractivity (Wildman–Crippen MR) is 64.3 cm³/mol. The third kappa shape index (κ3) is 3.42. The van der Waals surface area contributed by atoms with Crippen molar-refractivity contribution in [2.24, 2.45) is 14.1 Å². The van der Waals surface area contributed by atoms with Gasteiger partial charge in [-0.25, -0.2) is 9.48 Å². The Balaban J connectivity index is 2.66. The van der Waals surface area contributed by atoms with E-state index in [0.29, 0.717) is 19.8 Å². The molecule has 0 atom stereocenters. The lowest BCUT2D eigenvalue weighted by Gasteiger charge is -2.07. The number of ether oxygens (including phenoxy) is 1. The molecule has 0 aliphatic rings. The average molecular weight is 242 g/mol. The third-order valence-electron chi connectivity index (χ3n) is 2.28. The van der Waals surface area contributed by atoms with Crippen molar-refractivity contribution in [2.75, 3.05) is 25.1 Å². The molecule has 1 heterocycles. The van der Waals surface area contributed by atoms with E-state index in [2.05, 4.69) is 10.4 Å². The van der Waals surface area contributed by atoms with Gasteiger partial charge in [0, 0.05) is 33.9 Å². The van der Waals surface area contributed by atoms with Crippen LogP contribution in [0, 0.1) is 0 Å². The number of anilines is 1. The van der Waals surface area contributed by atoms with Crippen LogP contribution in [0.4, 0.5) is 5.82 Å². The lowest BCUT2D eigenvalue weighted by Crippen LogP contribution is -2.40. The third-order valence-corrected chi connectivity index (χ3v) is 2.28. The molecule has 0 unspecified atom stereocenters. The van der Waals surface area contributed by atoms with Crippen LogP contribution in [0.25, 0.3) is 0 Å². The summed E-state index contributed by atoms with van der Waals surface area (Å²) in [4.78, 5) is 23.0. The zero-order valence-electron chi connectivity index (χ0n) is 10.4. The second-order valence-corrected chi connectivity index (χ2v) is 3.60. The average Bonchev–Trinajstić information content (AvgIpc) is 2.32. The lowest BCUT2D eigenvalue weighted by molar-refractivity contribution is 0.147. The van der Waals surface area contributed by atoms with Gasteiger partial charge in [0.15, 0.2) is 0 Å². The number of nitrogens with zero attached hydrogens (tertiary/aromatic N) is 3. The SMILES string of the molecule is CCOCCCNc1nn(C)c(=O)n(C)c1=O. The minimum absolute atomic E-state index is 0.186. The lowest BCUT2D eigenvalue weighted by atomic mass is 10.4. The molecule has 0 saturated carbocycles. The van der Waals surface area contributed by atoms with E-state index < -0.39 is 11.2 Å². The van der Waals surface area contributed by atoms with Crippen molar-refractivity contribution >= 4 is 5.82 Å². The second kappa shape index (κ2) is 6.19. The van der Waals surface area contributed by atoms with Crippen molar-refractivity contribution in [2.45, 2.75) is 13.3 Å². The number of aryl methyl sites for hydroxylation is 1. The molecule has 17 heavy (non-hydrogen) atoms. The molecule has 0 fully saturated rings. The molecule has 7 nitrogen and oxygen atoms in total. The van der Waals surface area contributed by atoms with Gasteiger partial charge < -0.3 is 10.1 Å². The standard InChI is InChI=1S/C10H18N4O3/c1-4-17-7-5-6-11-8-9(15)13(2)10(16)14(3)12-8/h4-7H2,1-3H3,(H,11,12). The van der Waals surface area contributed by atoms with Gasteiger partial charge in [-0.3, -0.25) is 9.36 Å². The molecule has 0 amide bonds. The molecule has 0 bridgehead atoms. The van der Waals surface area contributed by atoms with E-state index in [1.165, 1.54) is 14.1 Å². The van der Waals surface area contributed by atoms with Crippen LogP contribution in [-0.4, -0.2) is 34.1 Å². The van der Waals surface area contributed by atoms with Crippen molar-refractivity contribution < 1.29 is 4.74 Å². The summed E-state index contributed by atoms with van der Waals surface area (Å²) in [6, 6.07) is 0. The van der Waals surface area contributed by atoms with Gasteiger partial charge in [-0.2, -0.15) is 0 Å². The highest BCUT2D eigenvalue weighted by molar-refractivity contribution is 5.29. The maximum absolute atomic E-state index is 11.7. The normalized spacial score (nSPS) is 10.5. The molecule has 1 N–H and O–H groups in total. The van der Waals surface area contributed by atoms with Gasteiger partial charge in [0.1, 0.15) is 0 Å². The van der Waals surface area contributed by atoms with Gasteiger partial charge in [0.05, 0.1) is 0 Å². The van der Waals surface area contributed by atoms with Crippen molar-refractivity contribution in [1.82, 2.24) is 14.3 Å². The quantitative estimate of drug-likeness (QED) is 0.669. The summed E-state index contributed by atoms with van der Waals surface area (Å²) < 4.78 is 7.33. The summed E-state index contributed by atoms with van der Waals surface area (Å²) in [6.07, 6.45) is 0.779. The number of hydrogen-bond acceptors (Lipinski definition) is 5. The molecule has 0 spiro atoms. The van der Waals surface area contributed by atoms with E-state index in [1.807, 2.05) is 6.92 Å². The summed E-state index contributed by atoms with van der Waals surface area (Å²) in [5.74, 6) is 0.186. The highest BCUT2D eigenvalue weighted by Crippen LogP contribution is 1.90. The van der Waals surface area contributed by atoms with Gasteiger partial charge in [0.25, 0.3) is 5.56 Å². The van der Waals surface area contributed by atoms with Crippen molar-refractivity contribution in [3.8, 4) is 0 Å². The van der Waals surface area contributed by atoms with E-state index in [-0.39, 0.29) is 5.82 Å². The highest BCUT2D eigenvalue weighted by atomic mass is 16.5. The first kappa shape index (κ1) is 13.4. The Hall–Kier alpha value is -1.63. The minimum Gasteiger partial charge on any atom is -0.382 e. The largest absolute Gasteiger partial charge is 0.382 e. The van der Waals surface area contributed by atoms with Crippen LogP contribution < -0.4 is 16.6 Å².